The van der Waals surface area contributed by atoms with Gasteiger partial charge in [0.15, 0.2) is 11.5 Å². The second-order valence-electron chi connectivity index (χ2n) is 7.01. The van der Waals surface area contributed by atoms with Crippen molar-refractivity contribution in [3.05, 3.63) is 87.4 Å². The first kappa shape index (κ1) is 22.2. The summed E-state index contributed by atoms with van der Waals surface area (Å²) in [6.07, 6.45) is 0.880. The summed E-state index contributed by atoms with van der Waals surface area (Å²) in [5, 5.41) is 3.52. The van der Waals surface area contributed by atoms with Crippen LogP contribution < -0.4 is 19.5 Å². The highest BCUT2D eigenvalue weighted by Crippen LogP contribution is 2.37. The molecule has 0 radical (unpaired) electrons. The third-order valence-electron chi connectivity index (χ3n) is 5.09. The molecule has 3 aromatic rings. The molecule has 0 aliphatic rings. The van der Waals surface area contributed by atoms with E-state index in [4.69, 9.17) is 14.2 Å². The Morgan fingerprint density at radius 2 is 1.53 bits per heavy atom. The van der Waals surface area contributed by atoms with Crippen molar-refractivity contribution in [3.63, 3.8) is 0 Å². The molecule has 0 bridgehead atoms. The molecule has 3 rings (SSSR count). The number of nitrogens with one attached hydrogen (secondary N) is 1. The fourth-order valence-electron chi connectivity index (χ4n) is 3.33. The lowest BCUT2D eigenvalue weighted by molar-refractivity contribution is 0.280. The first-order valence-electron chi connectivity index (χ1n) is 9.99. The van der Waals surface area contributed by atoms with E-state index in [0.717, 1.165) is 45.8 Å². The second kappa shape index (κ2) is 11.0. The van der Waals surface area contributed by atoms with Crippen LogP contribution in [0.25, 0.3) is 0 Å². The Kier molecular flexibility index (Phi) is 8.17. The van der Waals surface area contributed by atoms with Crippen LogP contribution in [0.4, 0.5) is 0 Å². The molecule has 5 heteroatoms. The molecular weight excluding hydrogens is 442 g/mol. The van der Waals surface area contributed by atoms with E-state index in [9.17, 15) is 0 Å². The van der Waals surface area contributed by atoms with Crippen LogP contribution in [-0.4, -0.2) is 20.8 Å². The highest BCUT2D eigenvalue weighted by atomic mass is 79.9. The topological polar surface area (TPSA) is 39.7 Å². The van der Waals surface area contributed by atoms with E-state index in [1.54, 1.807) is 14.2 Å². The third kappa shape index (κ3) is 5.55. The van der Waals surface area contributed by atoms with Crippen molar-refractivity contribution in [3.8, 4) is 17.2 Å². The fraction of sp³-hybridized carbons (Fsp3) is 0.280. The number of para-hydroxylation sites is 1. The van der Waals surface area contributed by atoms with Gasteiger partial charge >= 0.3 is 0 Å². The van der Waals surface area contributed by atoms with Gasteiger partial charge in [0.25, 0.3) is 0 Å². The number of methoxy groups -OCH3 is 2. The van der Waals surface area contributed by atoms with Gasteiger partial charge in [0, 0.05) is 16.6 Å². The zero-order valence-electron chi connectivity index (χ0n) is 17.7. The smallest absolute Gasteiger partial charge is 0.167 e. The molecule has 0 heterocycles. The van der Waals surface area contributed by atoms with Crippen molar-refractivity contribution in [2.75, 3.05) is 20.8 Å². The third-order valence-corrected chi connectivity index (χ3v) is 5.83. The average molecular weight is 470 g/mol. The minimum Gasteiger partial charge on any atom is -0.496 e. The number of hydrogen-bond donors (Lipinski definition) is 1. The van der Waals surface area contributed by atoms with Gasteiger partial charge in [-0.3, -0.25) is 0 Å². The minimum atomic E-state index is 0.494. The first-order chi connectivity index (χ1) is 14.6. The molecule has 1 N–H and O–H groups in total. The van der Waals surface area contributed by atoms with Crippen LogP contribution in [0.5, 0.6) is 17.2 Å². The Balaban J connectivity index is 1.69. The van der Waals surface area contributed by atoms with Gasteiger partial charge in [0.05, 0.1) is 14.2 Å². The summed E-state index contributed by atoms with van der Waals surface area (Å²) in [7, 11) is 3.38. The molecular formula is C25H28BrNO3. The molecule has 0 saturated carbocycles. The summed E-state index contributed by atoms with van der Waals surface area (Å²) in [4.78, 5) is 0. The Hall–Kier alpha value is -2.50. The number of ether oxygens (including phenoxy) is 3. The van der Waals surface area contributed by atoms with Crippen molar-refractivity contribution in [1.82, 2.24) is 5.32 Å². The average Bonchev–Trinajstić information content (AvgIpc) is 2.77. The van der Waals surface area contributed by atoms with Crippen molar-refractivity contribution < 1.29 is 14.2 Å². The predicted molar refractivity (Wildman–Crippen MR) is 125 cm³/mol. The van der Waals surface area contributed by atoms with E-state index >= 15 is 0 Å². The van der Waals surface area contributed by atoms with Crippen LogP contribution >= 0.6 is 15.9 Å². The van der Waals surface area contributed by atoms with E-state index in [2.05, 4.69) is 46.4 Å². The van der Waals surface area contributed by atoms with E-state index in [0.29, 0.717) is 13.2 Å². The van der Waals surface area contributed by atoms with Gasteiger partial charge in [-0.1, -0.05) is 58.4 Å². The van der Waals surface area contributed by atoms with E-state index in [1.807, 2.05) is 42.5 Å². The van der Waals surface area contributed by atoms with Gasteiger partial charge in [-0.2, -0.15) is 0 Å². The fourth-order valence-corrected chi connectivity index (χ4v) is 3.79. The molecule has 0 unspecified atom stereocenters. The van der Waals surface area contributed by atoms with Crippen LogP contribution in [0.3, 0.4) is 0 Å². The van der Waals surface area contributed by atoms with Crippen LogP contribution in [0.15, 0.2) is 65.1 Å². The molecule has 0 atom stereocenters. The second-order valence-corrected chi connectivity index (χ2v) is 7.87. The SMILES string of the molecule is COc1ccccc1CCNCc1c(Br)ccc(OC)c1OCc1ccccc1C. The number of hydrogen-bond acceptors (Lipinski definition) is 4. The van der Waals surface area contributed by atoms with E-state index in [1.165, 1.54) is 11.1 Å². The number of rotatable bonds is 10. The van der Waals surface area contributed by atoms with Gasteiger partial charge in [-0.25, -0.2) is 0 Å². The van der Waals surface area contributed by atoms with Crippen LogP contribution in [-0.2, 0) is 19.6 Å². The Labute approximate surface area is 187 Å². The highest BCUT2D eigenvalue weighted by Gasteiger charge is 2.15. The first-order valence-corrected chi connectivity index (χ1v) is 10.8. The lowest BCUT2D eigenvalue weighted by Crippen LogP contribution is -2.18. The number of halogens is 1. The van der Waals surface area contributed by atoms with Crippen LogP contribution in [0, 0.1) is 6.92 Å². The van der Waals surface area contributed by atoms with Gasteiger partial charge in [0.1, 0.15) is 12.4 Å². The van der Waals surface area contributed by atoms with Crippen LogP contribution in [0.2, 0.25) is 0 Å². The van der Waals surface area contributed by atoms with Crippen molar-refractivity contribution >= 4 is 15.9 Å². The molecule has 158 valence electrons. The quantitative estimate of drug-likeness (QED) is 0.387. The lowest BCUT2D eigenvalue weighted by atomic mass is 10.1. The van der Waals surface area contributed by atoms with Crippen LogP contribution in [0.1, 0.15) is 22.3 Å². The molecule has 0 amide bonds. The minimum absolute atomic E-state index is 0.494. The standard InChI is InChI=1S/C25H28BrNO3/c1-18-8-4-5-10-20(18)17-30-25-21(22(26)12-13-24(25)29-3)16-27-15-14-19-9-6-7-11-23(19)28-2/h4-13,27H,14-17H2,1-3H3. The zero-order chi connectivity index (χ0) is 21.3. The highest BCUT2D eigenvalue weighted by molar-refractivity contribution is 9.10. The maximum Gasteiger partial charge on any atom is 0.167 e. The van der Waals surface area contributed by atoms with Crippen molar-refractivity contribution in [1.29, 1.82) is 0 Å². The Morgan fingerprint density at radius 3 is 2.27 bits per heavy atom. The Morgan fingerprint density at radius 1 is 0.833 bits per heavy atom. The molecule has 4 nitrogen and oxygen atoms in total. The molecule has 0 spiro atoms. The normalized spacial score (nSPS) is 10.7. The zero-order valence-corrected chi connectivity index (χ0v) is 19.3. The van der Waals surface area contributed by atoms with Gasteiger partial charge in [-0.15, -0.1) is 0 Å². The van der Waals surface area contributed by atoms with Crippen molar-refractivity contribution in [2.24, 2.45) is 0 Å². The summed E-state index contributed by atoms with van der Waals surface area (Å²) >= 11 is 3.68. The monoisotopic (exact) mass is 469 g/mol. The summed E-state index contributed by atoms with van der Waals surface area (Å²) in [5.41, 5.74) is 4.61. The molecule has 0 fully saturated rings. The summed E-state index contributed by atoms with van der Waals surface area (Å²) in [6.45, 7) is 4.07. The summed E-state index contributed by atoms with van der Waals surface area (Å²) in [5.74, 6) is 2.41. The van der Waals surface area contributed by atoms with Gasteiger partial charge in [0.2, 0.25) is 0 Å². The molecule has 0 aromatic heterocycles. The molecule has 0 aliphatic carbocycles. The number of aryl methyl sites for hydroxylation is 1. The summed E-state index contributed by atoms with van der Waals surface area (Å²) in [6, 6.07) is 20.3. The predicted octanol–water partition coefficient (Wildman–Crippen LogP) is 5.69. The van der Waals surface area contributed by atoms with Gasteiger partial charge < -0.3 is 19.5 Å². The van der Waals surface area contributed by atoms with Crippen molar-refractivity contribution in [2.45, 2.75) is 26.5 Å². The number of benzene rings is 3. The largest absolute Gasteiger partial charge is 0.496 e. The maximum absolute atomic E-state index is 6.24. The molecule has 3 aromatic carbocycles. The lowest BCUT2D eigenvalue weighted by Gasteiger charge is -2.18. The molecule has 0 saturated heterocycles. The van der Waals surface area contributed by atoms with E-state index < -0.39 is 0 Å². The van der Waals surface area contributed by atoms with E-state index in [-0.39, 0.29) is 0 Å². The maximum atomic E-state index is 6.24. The summed E-state index contributed by atoms with van der Waals surface area (Å²) < 4.78 is 18.3. The Bertz CT molecular complexity index is 974. The molecule has 30 heavy (non-hydrogen) atoms. The molecule has 0 aliphatic heterocycles. The van der Waals surface area contributed by atoms with Gasteiger partial charge in [-0.05, 0) is 54.8 Å².